The summed E-state index contributed by atoms with van der Waals surface area (Å²) in [6.07, 6.45) is 0. The van der Waals surface area contributed by atoms with Crippen LogP contribution in [-0.4, -0.2) is 41.3 Å². The Labute approximate surface area is 122 Å². The zero-order valence-corrected chi connectivity index (χ0v) is 14.0. The fraction of sp³-hybridized carbons (Fsp3) is 0.733. The van der Waals surface area contributed by atoms with Crippen LogP contribution in [0.4, 0.5) is 11.6 Å². The lowest BCUT2D eigenvalue weighted by Crippen LogP contribution is -2.45. The Bertz CT molecular complexity index is 477. The Morgan fingerprint density at radius 3 is 2.10 bits per heavy atom. The molecule has 0 fully saturated rings. The van der Waals surface area contributed by atoms with Gasteiger partial charge >= 0.3 is 0 Å². The van der Waals surface area contributed by atoms with Crippen LogP contribution in [0.1, 0.15) is 46.0 Å². The van der Waals surface area contributed by atoms with Gasteiger partial charge in [0.15, 0.2) is 0 Å². The second-order valence-corrected chi connectivity index (χ2v) is 6.87. The minimum Gasteiger partial charge on any atom is -0.394 e. The Kier molecular flexibility index (Phi) is 4.64. The third-order valence-corrected chi connectivity index (χ3v) is 3.64. The molecule has 0 aliphatic heterocycles. The van der Waals surface area contributed by atoms with E-state index in [4.69, 9.17) is 4.98 Å². The smallest absolute Gasteiger partial charge is 0.138 e. The van der Waals surface area contributed by atoms with E-state index in [1.165, 1.54) is 0 Å². The summed E-state index contributed by atoms with van der Waals surface area (Å²) in [6.45, 7) is 12.3. The van der Waals surface area contributed by atoms with Crippen LogP contribution in [0.25, 0.3) is 0 Å². The minimum atomic E-state index is -0.376. The van der Waals surface area contributed by atoms with Gasteiger partial charge in [0.05, 0.1) is 12.1 Å². The molecule has 0 aliphatic carbocycles. The minimum absolute atomic E-state index is 0.0622. The zero-order valence-electron chi connectivity index (χ0n) is 14.0. The van der Waals surface area contributed by atoms with Crippen LogP contribution in [0.2, 0.25) is 0 Å². The summed E-state index contributed by atoms with van der Waals surface area (Å²) >= 11 is 0. The maximum Gasteiger partial charge on any atom is 0.138 e. The van der Waals surface area contributed by atoms with E-state index in [1.54, 1.807) is 0 Å². The summed E-state index contributed by atoms with van der Waals surface area (Å²) in [4.78, 5) is 11.3. The number of aromatic nitrogens is 2. The molecule has 1 rings (SSSR count). The zero-order chi connectivity index (χ0) is 15.7. The highest BCUT2D eigenvalue weighted by Gasteiger charge is 2.28. The van der Waals surface area contributed by atoms with Gasteiger partial charge in [0.1, 0.15) is 17.5 Å². The van der Waals surface area contributed by atoms with Crippen molar-refractivity contribution >= 4 is 11.6 Å². The van der Waals surface area contributed by atoms with Crippen LogP contribution in [0.5, 0.6) is 0 Å². The standard InChI is InChI=1S/C15H28N4O/c1-10-11(16-7)17-13(14(2,3)4)18-12(10)19(8)15(5,6)9-20/h20H,9H2,1-8H3,(H,16,17,18). The lowest BCUT2D eigenvalue weighted by Gasteiger charge is -2.36. The number of aliphatic hydroxyl groups is 1. The first-order valence-electron chi connectivity index (χ1n) is 6.96. The van der Waals surface area contributed by atoms with Crippen LogP contribution in [0, 0.1) is 6.92 Å². The second kappa shape index (κ2) is 5.56. The highest BCUT2D eigenvalue weighted by Crippen LogP contribution is 2.30. The van der Waals surface area contributed by atoms with Gasteiger partial charge in [0.2, 0.25) is 0 Å². The molecule has 5 heteroatoms. The van der Waals surface area contributed by atoms with Crippen molar-refractivity contribution in [2.75, 3.05) is 30.9 Å². The average molecular weight is 280 g/mol. The molecular formula is C15H28N4O. The molecule has 1 heterocycles. The molecule has 114 valence electrons. The van der Waals surface area contributed by atoms with Crippen molar-refractivity contribution in [1.29, 1.82) is 0 Å². The maximum absolute atomic E-state index is 9.57. The van der Waals surface area contributed by atoms with Crippen LogP contribution in [0.15, 0.2) is 0 Å². The third-order valence-electron chi connectivity index (χ3n) is 3.64. The lowest BCUT2D eigenvalue weighted by atomic mass is 9.95. The molecule has 2 N–H and O–H groups in total. The molecule has 20 heavy (non-hydrogen) atoms. The predicted octanol–water partition coefficient (Wildman–Crippen LogP) is 2.33. The summed E-state index contributed by atoms with van der Waals surface area (Å²) in [5.74, 6) is 2.48. The normalized spacial score (nSPS) is 12.4. The van der Waals surface area contributed by atoms with Crippen molar-refractivity contribution < 1.29 is 5.11 Å². The summed E-state index contributed by atoms with van der Waals surface area (Å²) in [7, 11) is 3.82. The topological polar surface area (TPSA) is 61.3 Å². The number of nitrogens with zero attached hydrogens (tertiary/aromatic N) is 3. The summed E-state index contributed by atoms with van der Waals surface area (Å²) in [5, 5.41) is 12.7. The third kappa shape index (κ3) is 3.20. The Morgan fingerprint density at radius 1 is 1.15 bits per heavy atom. The van der Waals surface area contributed by atoms with Gasteiger partial charge in [-0.05, 0) is 20.8 Å². The molecule has 0 saturated carbocycles. The first-order chi connectivity index (χ1) is 9.04. The molecule has 0 aliphatic rings. The fourth-order valence-corrected chi connectivity index (χ4v) is 1.80. The van der Waals surface area contributed by atoms with E-state index in [9.17, 15) is 5.11 Å². The molecule has 1 aromatic rings. The monoisotopic (exact) mass is 280 g/mol. The highest BCUT2D eigenvalue weighted by atomic mass is 16.3. The summed E-state index contributed by atoms with van der Waals surface area (Å²) in [5.41, 5.74) is 0.488. The first-order valence-corrected chi connectivity index (χ1v) is 6.96. The number of anilines is 2. The fourth-order valence-electron chi connectivity index (χ4n) is 1.80. The quantitative estimate of drug-likeness (QED) is 0.886. The van der Waals surface area contributed by atoms with Gasteiger partial charge in [0, 0.05) is 25.1 Å². The molecule has 0 saturated heterocycles. The van der Waals surface area contributed by atoms with Crippen molar-refractivity contribution in [3.8, 4) is 0 Å². The van der Waals surface area contributed by atoms with E-state index in [0.717, 1.165) is 23.0 Å². The number of rotatable bonds is 4. The second-order valence-electron chi connectivity index (χ2n) is 6.87. The predicted molar refractivity (Wildman–Crippen MR) is 84.6 cm³/mol. The molecule has 0 amide bonds. The first kappa shape index (κ1) is 16.7. The Morgan fingerprint density at radius 2 is 1.70 bits per heavy atom. The Hall–Kier alpha value is -1.36. The van der Waals surface area contributed by atoms with Crippen molar-refractivity contribution in [2.45, 2.75) is 52.5 Å². The largest absolute Gasteiger partial charge is 0.394 e. The molecule has 0 spiro atoms. The van der Waals surface area contributed by atoms with Gasteiger partial charge in [-0.25, -0.2) is 9.97 Å². The van der Waals surface area contributed by atoms with E-state index in [2.05, 4.69) is 31.1 Å². The van der Waals surface area contributed by atoms with Crippen LogP contribution in [0.3, 0.4) is 0 Å². The van der Waals surface area contributed by atoms with Crippen molar-refractivity contribution in [2.24, 2.45) is 0 Å². The molecule has 1 aromatic heterocycles. The molecule has 5 nitrogen and oxygen atoms in total. The molecule has 0 radical (unpaired) electrons. The van der Waals surface area contributed by atoms with Gasteiger partial charge in [0.25, 0.3) is 0 Å². The van der Waals surface area contributed by atoms with Gasteiger partial charge in [-0.1, -0.05) is 20.8 Å². The van der Waals surface area contributed by atoms with Crippen LogP contribution in [-0.2, 0) is 5.41 Å². The lowest BCUT2D eigenvalue weighted by molar-refractivity contribution is 0.215. The van der Waals surface area contributed by atoms with Crippen LogP contribution < -0.4 is 10.2 Å². The molecule has 0 bridgehead atoms. The number of hydrogen-bond donors (Lipinski definition) is 2. The highest BCUT2D eigenvalue weighted by molar-refractivity contribution is 5.59. The summed E-state index contributed by atoms with van der Waals surface area (Å²) < 4.78 is 0. The van der Waals surface area contributed by atoms with E-state index < -0.39 is 0 Å². The molecule has 0 atom stereocenters. The van der Waals surface area contributed by atoms with E-state index in [-0.39, 0.29) is 17.6 Å². The molecule has 0 unspecified atom stereocenters. The SMILES string of the molecule is CNc1nc(C(C)(C)C)nc(N(C)C(C)(C)CO)c1C. The van der Waals surface area contributed by atoms with Gasteiger partial charge < -0.3 is 15.3 Å². The number of hydrogen-bond acceptors (Lipinski definition) is 5. The number of aliphatic hydroxyl groups excluding tert-OH is 1. The van der Waals surface area contributed by atoms with Gasteiger partial charge in [-0.15, -0.1) is 0 Å². The van der Waals surface area contributed by atoms with E-state index in [0.29, 0.717) is 0 Å². The van der Waals surface area contributed by atoms with E-state index in [1.807, 2.05) is 39.8 Å². The Balaban J connectivity index is 3.46. The van der Waals surface area contributed by atoms with Crippen molar-refractivity contribution in [3.05, 3.63) is 11.4 Å². The van der Waals surface area contributed by atoms with Gasteiger partial charge in [-0.3, -0.25) is 0 Å². The average Bonchev–Trinajstić information content (AvgIpc) is 2.36. The number of likely N-dealkylation sites (N-methyl/N-ethyl adjacent to an activating group) is 1. The summed E-state index contributed by atoms with van der Waals surface area (Å²) in [6, 6.07) is 0. The van der Waals surface area contributed by atoms with E-state index >= 15 is 0 Å². The molecule has 0 aromatic carbocycles. The molecular weight excluding hydrogens is 252 g/mol. The van der Waals surface area contributed by atoms with Crippen molar-refractivity contribution in [3.63, 3.8) is 0 Å². The van der Waals surface area contributed by atoms with Gasteiger partial charge in [-0.2, -0.15) is 0 Å². The van der Waals surface area contributed by atoms with Crippen molar-refractivity contribution in [1.82, 2.24) is 9.97 Å². The van der Waals surface area contributed by atoms with Crippen LogP contribution >= 0.6 is 0 Å². The maximum atomic E-state index is 9.57. The number of nitrogens with one attached hydrogen (secondary N) is 1.